The van der Waals surface area contributed by atoms with Crippen molar-refractivity contribution in [2.75, 3.05) is 17.4 Å². The molecule has 1 unspecified atom stereocenters. The third-order valence-corrected chi connectivity index (χ3v) is 9.45. The Morgan fingerprint density at radius 3 is 2.71 bits per heavy atom. The molecule has 0 saturated heterocycles. The van der Waals surface area contributed by atoms with E-state index < -0.39 is 0 Å². The number of aromatic nitrogens is 3. The summed E-state index contributed by atoms with van der Waals surface area (Å²) in [7, 11) is -0.188. The Labute approximate surface area is 202 Å². The van der Waals surface area contributed by atoms with E-state index in [1.807, 2.05) is 24.3 Å². The van der Waals surface area contributed by atoms with E-state index in [4.69, 9.17) is 16.6 Å². The lowest BCUT2D eigenvalue weighted by atomic mass is 10.0. The quantitative estimate of drug-likeness (QED) is 0.228. The molecule has 1 atom stereocenters. The highest BCUT2D eigenvalue weighted by Gasteiger charge is 2.21. The lowest BCUT2D eigenvalue weighted by Crippen LogP contribution is -2.32. The normalized spacial score (nSPS) is 15.4. The fourth-order valence-electron chi connectivity index (χ4n) is 4.80. The zero-order valence-electron chi connectivity index (χ0n) is 19.6. The van der Waals surface area contributed by atoms with Gasteiger partial charge in [0.1, 0.15) is 0 Å². The van der Waals surface area contributed by atoms with Gasteiger partial charge in [0.15, 0.2) is 11.6 Å². The summed E-state index contributed by atoms with van der Waals surface area (Å²) in [6.45, 7) is 2.89. The summed E-state index contributed by atoms with van der Waals surface area (Å²) in [5.74, 6) is 7.24. The second-order valence-electron chi connectivity index (χ2n) is 9.08. The van der Waals surface area contributed by atoms with Crippen LogP contribution in [0.5, 0.6) is 0 Å². The monoisotopic (exact) mass is 470 g/mol. The molecule has 174 valence electrons. The van der Waals surface area contributed by atoms with Crippen LogP contribution in [0, 0.1) is 0 Å². The van der Waals surface area contributed by atoms with Crippen LogP contribution in [0.3, 0.4) is 0 Å². The lowest BCUT2D eigenvalue weighted by Gasteiger charge is -2.28. The Balaban J connectivity index is 1.38. The number of rotatable bonds is 6. The molecule has 7 heteroatoms. The molecule has 1 aliphatic rings. The minimum atomic E-state index is -0.188. The first-order valence-electron chi connectivity index (χ1n) is 11.9. The van der Waals surface area contributed by atoms with Gasteiger partial charge in [-0.15, -0.1) is 0 Å². The summed E-state index contributed by atoms with van der Waals surface area (Å²) in [6.07, 6.45) is 10.4. The van der Waals surface area contributed by atoms with Gasteiger partial charge in [-0.3, -0.25) is 9.99 Å². The first-order valence-corrected chi connectivity index (χ1v) is 13.8. The van der Waals surface area contributed by atoms with Crippen molar-refractivity contribution in [3.05, 3.63) is 72.6 Å². The maximum Gasteiger partial charge on any atom is 0.186 e. The average Bonchev–Trinajstić information content (AvgIpc) is 2.89. The van der Waals surface area contributed by atoms with Crippen molar-refractivity contribution >= 4 is 35.8 Å². The predicted molar refractivity (Wildman–Crippen MR) is 143 cm³/mol. The molecule has 2 heterocycles. The average molecular weight is 471 g/mol. The van der Waals surface area contributed by atoms with Gasteiger partial charge in [0.05, 0.1) is 24.0 Å². The van der Waals surface area contributed by atoms with Crippen molar-refractivity contribution in [2.24, 2.45) is 5.84 Å². The molecule has 0 spiro atoms. The maximum atomic E-state index is 6.43. The van der Waals surface area contributed by atoms with Crippen molar-refractivity contribution in [1.29, 1.82) is 0 Å². The number of hydrazine groups is 1. The molecule has 1 aliphatic carbocycles. The van der Waals surface area contributed by atoms with Gasteiger partial charge in [-0.2, -0.15) is 0 Å². The SMILES string of the molecule is CP(c1cccc(-c2cnc(N)c(N(N)Cc3ccc4ncccc4c3)n2)c1)C1CCCCC1. The number of anilines is 2. The Hall–Kier alpha value is -3.08. The minimum Gasteiger partial charge on any atom is -0.381 e. The maximum absolute atomic E-state index is 6.43. The Morgan fingerprint density at radius 2 is 1.85 bits per heavy atom. The van der Waals surface area contributed by atoms with Crippen molar-refractivity contribution in [3.63, 3.8) is 0 Å². The van der Waals surface area contributed by atoms with E-state index in [0.717, 1.165) is 33.4 Å². The van der Waals surface area contributed by atoms with Crippen molar-refractivity contribution in [1.82, 2.24) is 15.0 Å². The molecule has 34 heavy (non-hydrogen) atoms. The summed E-state index contributed by atoms with van der Waals surface area (Å²) in [4.78, 5) is 13.6. The smallest absolute Gasteiger partial charge is 0.186 e. The van der Waals surface area contributed by atoms with Crippen LogP contribution in [-0.4, -0.2) is 27.3 Å². The standard InChI is InChI=1S/C27H31N6P/c1-34(22-9-3-2-4-10-22)23-11-5-7-21(16-23)25-17-31-26(28)27(32-25)33(29)18-19-12-13-24-20(15-19)8-6-14-30-24/h5-8,11-17,22H,2-4,9-10,18,29H2,1H3,(H2,28,31). The number of fused-ring (bicyclic) bond motifs is 1. The van der Waals surface area contributed by atoms with Crippen LogP contribution in [0.25, 0.3) is 22.2 Å². The third-order valence-electron chi connectivity index (χ3n) is 6.75. The Kier molecular flexibility index (Phi) is 6.70. The van der Waals surface area contributed by atoms with Gasteiger partial charge in [-0.25, -0.2) is 15.8 Å². The molecule has 0 aliphatic heterocycles. The second kappa shape index (κ2) is 10.0. The molecule has 6 nitrogen and oxygen atoms in total. The number of nitrogen functional groups attached to an aromatic ring is 1. The van der Waals surface area contributed by atoms with Gasteiger partial charge in [-0.05, 0) is 60.3 Å². The molecule has 5 rings (SSSR count). The van der Waals surface area contributed by atoms with E-state index in [1.54, 1.807) is 17.4 Å². The van der Waals surface area contributed by atoms with Gasteiger partial charge in [-0.1, -0.05) is 57.5 Å². The van der Waals surface area contributed by atoms with Crippen LogP contribution in [0.4, 0.5) is 11.6 Å². The third kappa shape index (κ3) is 4.89. The van der Waals surface area contributed by atoms with Gasteiger partial charge in [0, 0.05) is 17.1 Å². The van der Waals surface area contributed by atoms with Crippen LogP contribution in [0.15, 0.2) is 67.0 Å². The lowest BCUT2D eigenvalue weighted by molar-refractivity contribution is 0.512. The van der Waals surface area contributed by atoms with Gasteiger partial charge in [0.2, 0.25) is 0 Å². The summed E-state index contributed by atoms with van der Waals surface area (Å²) < 4.78 is 0. The Bertz CT molecular complexity index is 1290. The number of nitrogens with two attached hydrogens (primary N) is 2. The highest BCUT2D eigenvalue weighted by Crippen LogP contribution is 2.44. The Morgan fingerprint density at radius 1 is 1.00 bits per heavy atom. The van der Waals surface area contributed by atoms with Crippen LogP contribution < -0.4 is 21.9 Å². The van der Waals surface area contributed by atoms with E-state index in [9.17, 15) is 0 Å². The van der Waals surface area contributed by atoms with Gasteiger partial charge in [0.25, 0.3) is 0 Å². The van der Waals surface area contributed by atoms with Crippen LogP contribution in [0.2, 0.25) is 0 Å². The van der Waals surface area contributed by atoms with Gasteiger partial charge < -0.3 is 5.73 Å². The molecule has 0 amide bonds. The fraction of sp³-hybridized carbons (Fsp3) is 0.296. The molecule has 2 aromatic heterocycles. The van der Waals surface area contributed by atoms with E-state index in [-0.39, 0.29) is 7.92 Å². The van der Waals surface area contributed by atoms with E-state index in [1.165, 1.54) is 37.4 Å². The van der Waals surface area contributed by atoms with Crippen molar-refractivity contribution in [2.45, 2.75) is 44.3 Å². The van der Waals surface area contributed by atoms with Crippen LogP contribution in [0.1, 0.15) is 37.7 Å². The number of pyridine rings is 1. The zero-order valence-corrected chi connectivity index (χ0v) is 20.5. The molecule has 4 aromatic rings. The first-order chi connectivity index (χ1) is 16.6. The topological polar surface area (TPSA) is 94.0 Å². The van der Waals surface area contributed by atoms with E-state index in [2.05, 4.69) is 47.0 Å². The first kappa shape index (κ1) is 22.7. The summed E-state index contributed by atoms with van der Waals surface area (Å²) in [5.41, 5.74) is 10.9. The van der Waals surface area contributed by atoms with Crippen molar-refractivity contribution < 1.29 is 0 Å². The molecule has 0 radical (unpaired) electrons. The number of hydrogen-bond acceptors (Lipinski definition) is 6. The zero-order chi connectivity index (χ0) is 23.5. The predicted octanol–water partition coefficient (Wildman–Crippen LogP) is 5.22. The van der Waals surface area contributed by atoms with Gasteiger partial charge >= 0.3 is 0 Å². The molecular formula is C27H31N6P. The van der Waals surface area contributed by atoms with Crippen molar-refractivity contribution in [3.8, 4) is 11.3 Å². The van der Waals surface area contributed by atoms with E-state index in [0.29, 0.717) is 18.2 Å². The molecule has 2 aromatic carbocycles. The molecule has 1 saturated carbocycles. The number of nitrogens with zero attached hydrogens (tertiary/aromatic N) is 4. The fourth-order valence-corrected chi connectivity index (χ4v) is 7.02. The molecule has 4 N–H and O–H groups in total. The molecular weight excluding hydrogens is 439 g/mol. The van der Waals surface area contributed by atoms with Crippen LogP contribution in [-0.2, 0) is 6.54 Å². The second-order valence-corrected chi connectivity index (χ2v) is 11.5. The summed E-state index contributed by atoms with van der Waals surface area (Å²) in [6, 6.07) is 18.9. The van der Waals surface area contributed by atoms with E-state index >= 15 is 0 Å². The summed E-state index contributed by atoms with van der Waals surface area (Å²) >= 11 is 0. The van der Waals surface area contributed by atoms with Crippen LogP contribution >= 0.6 is 7.92 Å². The highest BCUT2D eigenvalue weighted by atomic mass is 31.1. The molecule has 0 bridgehead atoms. The molecule has 1 fully saturated rings. The minimum absolute atomic E-state index is 0.188. The highest BCUT2D eigenvalue weighted by molar-refractivity contribution is 7.65. The number of benzene rings is 2. The number of hydrogen-bond donors (Lipinski definition) is 2. The largest absolute Gasteiger partial charge is 0.381 e. The summed E-state index contributed by atoms with van der Waals surface area (Å²) in [5, 5.41) is 4.07.